The molecule has 0 heterocycles. The third-order valence-electron chi connectivity index (χ3n) is 2.97. The molecule has 0 amide bonds. The Balaban J connectivity index is 2.92. The van der Waals surface area contributed by atoms with Crippen molar-refractivity contribution >= 4 is 5.78 Å². The monoisotopic (exact) mass is 236 g/mol. The van der Waals surface area contributed by atoms with Crippen LogP contribution in [-0.4, -0.2) is 5.78 Å². The van der Waals surface area contributed by atoms with Gasteiger partial charge in [-0.3, -0.25) is 4.79 Å². The number of benzene rings is 1. The number of Topliss-reactive ketones (excluding diaryl/α,β-unsaturated/α-hetero) is 1. The van der Waals surface area contributed by atoms with Gasteiger partial charge in [0.15, 0.2) is 5.78 Å². The quantitative estimate of drug-likeness (QED) is 0.663. The largest absolute Gasteiger partial charge is 0.294 e. The summed E-state index contributed by atoms with van der Waals surface area (Å²) >= 11 is 0. The molecule has 1 rings (SSSR count). The van der Waals surface area contributed by atoms with Crippen LogP contribution in [0.15, 0.2) is 18.2 Å². The lowest BCUT2D eigenvalue weighted by Gasteiger charge is -2.14. The van der Waals surface area contributed by atoms with E-state index in [2.05, 4.69) is 13.8 Å². The van der Waals surface area contributed by atoms with E-state index in [0.29, 0.717) is 5.56 Å². The normalized spacial score (nSPS) is 10.9. The van der Waals surface area contributed by atoms with Crippen molar-refractivity contribution in [3.8, 4) is 0 Å². The maximum Gasteiger partial charge on any atom is 0.166 e. The van der Waals surface area contributed by atoms with Crippen molar-refractivity contribution in [3.63, 3.8) is 0 Å². The zero-order valence-corrected chi connectivity index (χ0v) is 10.9. The van der Waals surface area contributed by atoms with Gasteiger partial charge in [0, 0.05) is 11.5 Å². The minimum Gasteiger partial charge on any atom is -0.294 e. The Kier molecular flexibility index (Phi) is 5.33. The first-order valence-corrected chi connectivity index (χ1v) is 6.39. The second-order valence-corrected chi connectivity index (χ2v) is 4.66. The Morgan fingerprint density at radius 2 is 1.76 bits per heavy atom. The number of hydrogen-bond donors (Lipinski definition) is 0. The Morgan fingerprint density at radius 1 is 1.18 bits per heavy atom. The molecule has 0 radical (unpaired) electrons. The van der Waals surface area contributed by atoms with E-state index in [-0.39, 0.29) is 17.5 Å². The molecule has 0 aliphatic carbocycles. The van der Waals surface area contributed by atoms with Crippen LogP contribution in [0, 0.1) is 18.7 Å². The predicted molar refractivity (Wildman–Crippen MR) is 68.8 cm³/mol. The lowest BCUT2D eigenvalue weighted by molar-refractivity contribution is 0.0904. The molecule has 1 aromatic rings. The number of halogens is 1. The lowest BCUT2D eigenvalue weighted by atomic mass is 9.89. The fourth-order valence-electron chi connectivity index (χ4n) is 2.22. The van der Waals surface area contributed by atoms with Gasteiger partial charge >= 0.3 is 0 Å². The van der Waals surface area contributed by atoms with E-state index in [1.54, 1.807) is 6.07 Å². The van der Waals surface area contributed by atoms with E-state index in [1.165, 1.54) is 12.1 Å². The molecular weight excluding hydrogens is 215 g/mol. The van der Waals surface area contributed by atoms with Crippen LogP contribution >= 0.6 is 0 Å². The van der Waals surface area contributed by atoms with Crippen LogP contribution in [0.5, 0.6) is 0 Å². The highest BCUT2D eigenvalue weighted by Gasteiger charge is 2.19. The number of carbonyl (C=O) groups is 1. The zero-order valence-electron chi connectivity index (χ0n) is 10.9. The number of rotatable bonds is 6. The van der Waals surface area contributed by atoms with Crippen LogP contribution in [0.25, 0.3) is 0 Å². The van der Waals surface area contributed by atoms with Crippen LogP contribution in [0.2, 0.25) is 0 Å². The van der Waals surface area contributed by atoms with Gasteiger partial charge in [0.05, 0.1) is 0 Å². The van der Waals surface area contributed by atoms with Crippen LogP contribution in [-0.2, 0) is 0 Å². The van der Waals surface area contributed by atoms with Gasteiger partial charge in [-0.15, -0.1) is 0 Å². The van der Waals surface area contributed by atoms with Gasteiger partial charge in [-0.2, -0.15) is 0 Å². The molecule has 2 heteroatoms. The van der Waals surface area contributed by atoms with Crippen molar-refractivity contribution in [2.45, 2.75) is 46.5 Å². The second-order valence-electron chi connectivity index (χ2n) is 4.66. The molecule has 1 aromatic carbocycles. The SMILES string of the molecule is CCCC(CCC)C(=O)c1cc(C)cc(F)c1. The second kappa shape index (κ2) is 6.53. The van der Waals surface area contributed by atoms with Crippen molar-refractivity contribution in [2.24, 2.45) is 5.92 Å². The summed E-state index contributed by atoms with van der Waals surface area (Å²) in [6, 6.07) is 4.59. The standard InChI is InChI=1S/C15H21FO/c1-4-6-12(7-5-2)15(17)13-8-11(3)9-14(16)10-13/h8-10,12H,4-7H2,1-3H3. The first kappa shape index (κ1) is 13.9. The van der Waals surface area contributed by atoms with E-state index in [9.17, 15) is 9.18 Å². The predicted octanol–water partition coefficient (Wildman–Crippen LogP) is 4.53. The summed E-state index contributed by atoms with van der Waals surface area (Å²) in [5, 5.41) is 0. The molecule has 0 atom stereocenters. The Morgan fingerprint density at radius 3 is 2.24 bits per heavy atom. The molecule has 0 N–H and O–H groups in total. The molecule has 1 nitrogen and oxygen atoms in total. The Labute approximate surface area is 103 Å². The van der Waals surface area contributed by atoms with Gasteiger partial charge in [0.25, 0.3) is 0 Å². The smallest absolute Gasteiger partial charge is 0.166 e. The van der Waals surface area contributed by atoms with Crippen molar-refractivity contribution in [1.82, 2.24) is 0 Å². The van der Waals surface area contributed by atoms with Crippen LogP contribution < -0.4 is 0 Å². The van der Waals surface area contributed by atoms with Gasteiger partial charge in [-0.05, 0) is 43.5 Å². The molecule has 0 fully saturated rings. The summed E-state index contributed by atoms with van der Waals surface area (Å²) in [7, 11) is 0. The third-order valence-corrected chi connectivity index (χ3v) is 2.97. The Bertz CT molecular complexity index is 358. The summed E-state index contributed by atoms with van der Waals surface area (Å²) < 4.78 is 13.3. The average molecular weight is 236 g/mol. The molecule has 0 aromatic heterocycles. The minimum atomic E-state index is -0.319. The van der Waals surface area contributed by atoms with Crippen LogP contribution in [0.4, 0.5) is 4.39 Å². The fraction of sp³-hybridized carbons (Fsp3) is 0.533. The topological polar surface area (TPSA) is 17.1 Å². The highest BCUT2D eigenvalue weighted by atomic mass is 19.1. The zero-order chi connectivity index (χ0) is 12.8. The maximum absolute atomic E-state index is 13.3. The van der Waals surface area contributed by atoms with Crippen molar-refractivity contribution < 1.29 is 9.18 Å². The molecule has 0 saturated carbocycles. The average Bonchev–Trinajstić information content (AvgIpc) is 2.26. The van der Waals surface area contributed by atoms with E-state index in [4.69, 9.17) is 0 Å². The molecule has 0 saturated heterocycles. The van der Waals surface area contributed by atoms with Crippen molar-refractivity contribution in [2.75, 3.05) is 0 Å². The van der Waals surface area contributed by atoms with Crippen LogP contribution in [0.1, 0.15) is 55.5 Å². The number of aryl methyl sites for hydroxylation is 1. The van der Waals surface area contributed by atoms with E-state index in [1.807, 2.05) is 6.92 Å². The minimum absolute atomic E-state index is 0.0474. The summed E-state index contributed by atoms with van der Waals surface area (Å²) in [6.07, 6.45) is 3.76. The molecule has 94 valence electrons. The number of carbonyl (C=O) groups excluding carboxylic acids is 1. The Hall–Kier alpha value is -1.18. The molecule has 0 aliphatic rings. The van der Waals surface area contributed by atoms with Gasteiger partial charge < -0.3 is 0 Å². The van der Waals surface area contributed by atoms with Gasteiger partial charge in [-0.25, -0.2) is 4.39 Å². The summed E-state index contributed by atoms with van der Waals surface area (Å²) in [5.74, 6) is -0.178. The van der Waals surface area contributed by atoms with Gasteiger partial charge in [0.1, 0.15) is 5.82 Å². The molecule has 0 unspecified atom stereocenters. The van der Waals surface area contributed by atoms with Crippen molar-refractivity contribution in [1.29, 1.82) is 0 Å². The highest BCUT2D eigenvalue weighted by molar-refractivity contribution is 5.98. The van der Waals surface area contributed by atoms with Gasteiger partial charge in [0.2, 0.25) is 0 Å². The fourth-order valence-corrected chi connectivity index (χ4v) is 2.22. The summed E-state index contributed by atoms with van der Waals surface area (Å²) in [5.41, 5.74) is 1.33. The summed E-state index contributed by atoms with van der Waals surface area (Å²) in [6.45, 7) is 5.97. The van der Waals surface area contributed by atoms with E-state index in [0.717, 1.165) is 31.2 Å². The first-order valence-electron chi connectivity index (χ1n) is 6.39. The summed E-state index contributed by atoms with van der Waals surface area (Å²) in [4.78, 5) is 12.3. The van der Waals surface area contributed by atoms with Gasteiger partial charge in [-0.1, -0.05) is 26.7 Å². The number of hydrogen-bond acceptors (Lipinski definition) is 1. The van der Waals surface area contributed by atoms with E-state index < -0.39 is 0 Å². The third kappa shape index (κ3) is 3.95. The molecule has 17 heavy (non-hydrogen) atoms. The highest BCUT2D eigenvalue weighted by Crippen LogP contribution is 2.20. The van der Waals surface area contributed by atoms with E-state index >= 15 is 0 Å². The molecule has 0 spiro atoms. The molecule has 0 aliphatic heterocycles. The first-order chi connectivity index (χ1) is 8.08. The number of ketones is 1. The van der Waals surface area contributed by atoms with Crippen LogP contribution in [0.3, 0.4) is 0 Å². The lowest BCUT2D eigenvalue weighted by Crippen LogP contribution is -2.15. The maximum atomic E-state index is 13.3. The molecule has 0 bridgehead atoms. The molecular formula is C15H21FO. The van der Waals surface area contributed by atoms with Crippen molar-refractivity contribution in [3.05, 3.63) is 35.1 Å².